The predicted molar refractivity (Wildman–Crippen MR) is 230 cm³/mol. The lowest BCUT2D eigenvalue weighted by atomic mass is 10.0. The molecule has 8 aromatic carbocycles. The average molecular weight is 697 g/mol. The predicted octanol–water partition coefficient (Wildman–Crippen LogP) is 12.6. The first-order chi connectivity index (χ1) is 26.6. The van der Waals surface area contributed by atoms with Gasteiger partial charge in [-0.2, -0.15) is 0 Å². The van der Waals surface area contributed by atoms with Crippen molar-refractivity contribution in [2.45, 2.75) is 12.8 Å². The Morgan fingerprint density at radius 3 is 1.48 bits per heavy atom. The fraction of sp³-hybridized carbons (Fsp3) is 0.0800. The quantitative estimate of drug-likeness (QED) is 0.173. The molecule has 0 amide bonds. The minimum Gasteiger partial charge on any atom is -0.345 e. The smallest absolute Gasteiger partial charge is 0.0669 e. The summed E-state index contributed by atoms with van der Waals surface area (Å²) < 4.78 is 0. The van der Waals surface area contributed by atoms with Crippen molar-refractivity contribution in [2.75, 3.05) is 23.9 Å². The Morgan fingerprint density at radius 1 is 0.389 bits per heavy atom. The van der Waals surface area contributed by atoms with Crippen LogP contribution in [0.3, 0.4) is 0 Å². The van der Waals surface area contributed by atoms with Crippen molar-refractivity contribution in [3.05, 3.63) is 204 Å². The molecule has 4 heteroatoms. The lowest BCUT2D eigenvalue weighted by Crippen LogP contribution is -2.10. The maximum atomic E-state index is 4.80. The molecule has 0 fully saturated rings. The molecular weight excluding hydrogens is 657 g/mol. The minimum atomic E-state index is 0.911. The third-order valence-corrected chi connectivity index (χ3v) is 10.6. The Hall–Kier alpha value is -6.78. The van der Waals surface area contributed by atoms with E-state index in [9.17, 15) is 0 Å². The molecule has 0 aromatic heterocycles. The number of hydrogen-bond acceptors (Lipinski definition) is 4. The monoisotopic (exact) mass is 696 g/mol. The van der Waals surface area contributed by atoms with Crippen molar-refractivity contribution in [1.82, 2.24) is 0 Å². The highest BCUT2D eigenvalue weighted by Gasteiger charge is 2.17. The Morgan fingerprint density at radius 2 is 0.870 bits per heavy atom. The van der Waals surface area contributed by atoms with Crippen LogP contribution in [0.15, 0.2) is 192 Å². The molecule has 0 unspecified atom stereocenters. The van der Waals surface area contributed by atoms with Crippen molar-refractivity contribution >= 4 is 67.1 Å². The highest BCUT2D eigenvalue weighted by Crippen LogP contribution is 2.34. The van der Waals surface area contributed by atoms with Gasteiger partial charge in [0, 0.05) is 55.1 Å². The van der Waals surface area contributed by atoms with Crippen LogP contribution in [0.2, 0.25) is 0 Å². The summed E-state index contributed by atoms with van der Waals surface area (Å²) in [5.41, 5.74) is 14.3. The second-order valence-electron chi connectivity index (χ2n) is 14.0. The largest absolute Gasteiger partial charge is 0.345 e. The third kappa shape index (κ3) is 6.55. The molecule has 0 radical (unpaired) electrons. The Kier molecular flexibility index (Phi) is 8.78. The molecule has 0 aliphatic carbocycles. The van der Waals surface area contributed by atoms with Crippen LogP contribution in [0.4, 0.5) is 34.1 Å². The minimum absolute atomic E-state index is 0.911. The number of benzene rings is 8. The van der Waals surface area contributed by atoms with Crippen LogP contribution in [0, 0.1) is 0 Å². The van der Waals surface area contributed by atoms with Gasteiger partial charge in [0.25, 0.3) is 0 Å². The zero-order valence-electron chi connectivity index (χ0n) is 30.5. The van der Waals surface area contributed by atoms with Gasteiger partial charge in [-0.25, -0.2) is 0 Å². The first-order valence-corrected chi connectivity index (χ1v) is 18.5. The molecule has 2 aliphatic heterocycles. The molecule has 54 heavy (non-hydrogen) atoms. The van der Waals surface area contributed by atoms with E-state index in [4.69, 9.17) is 9.98 Å². The summed E-state index contributed by atoms with van der Waals surface area (Å²) >= 11 is 0. The number of nitrogens with zero attached hydrogens (tertiary/aromatic N) is 4. The molecule has 260 valence electrons. The van der Waals surface area contributed by atoms with Crippen LogP contribution in [-0.2, 0) is 12.8 Å². The molecule has 0 saturated carbocycles. The lowest BCUT2D eigenvalue weighted by molar-refractivity contribution is 1.21. The Balaban J connectivity index is 0.000000142. The molecule has 2 aliphatic rings. The highest BCUT2D eigenvalue weighted by molar-refractivity contribution is 6.07. The van der Waals surface area contributed by atoms with Gasteiger partial charge < -0.3 is 9.80 Å². The number of hydrogen-bond donors (Lipinski definition) is 0. The van der Waals surface area contributed by atoms with Gasteiger partial charge in [-0.15, -0.1) is 0 Å². The van der Waals surface area contributed by atoms with Crippen LogP contribution >= 0.6 is 0 Å². The van der Waals surface area contributed by atoms with Crippen molar-refractivity contribution in [1.29, 1.82) is 0 Å². The van der Waals surface area contributed by atoms with E-state index in [1.807, 2.05) is 12.1 Å². The van der Waals surface area contributed by atoms with Crippen molar-refractivity contribution in [2.24, 2.45) is 9.98 Å². The van der Waals surface area contributed by atoms with Gasteiger partial charge in [-0.05, 0) is 93.0 Å². The molecule has 0 N–H and O–H groups in total. The number of anilines is 4. The molecule has 0 bridgehead atoms. The number of aliphatic imine (C=N–C) groups is 2. The van der Waals surface area contributed by atoms with E-state index in [0.717, 1.165) is 35.6 Å². The van der Waals surface area contributed by atoms with Crippen LogP contribution in [0.5, 0.6) is 0 Å². The summed E-state index contributed by atoms with van der Waals surface area (Å²) in [6.07, 6.45) is 1.82. The maximum Gasteiger partial charge on any atom is 0.0669 e. The standard InChI is InChI=1S/2C25H20N2/c1-27(25-12-6-9-18-7-2-4-10-22(18)25)21-15-13-19(14-16-21)24-17-20-8-3-5-11-23(20)26-24;1-27(23-15-10-18-6-2-3-7-20(18)16-23)22-13-11-19(12-14-22)25-17-21-8-4-5-9-24(21)26-25/h2*2-16H,17H2,1H3. The topological polar surface area (TPSA) is 31.2 Å². The SMILES string of the molecule is CN(c1ccc(C2=Nc3ccccc3C2)cc1)c1ccc2ccccc2c1.CN(c1ccc(C2=Nc3ccccc3C2)cc1)c1cccc2ccccc12. The molecule has 0 saturated heterocycles. The van der Waals surface area contributed by atoms with Gasteiger partial charge in [0.05, 0.1) is 22.8 Å². The van der Waals surface area contributed by atoms with E-state index < -0.39 is 0 Å². The van der Waals surface area contributed by atoms with Crippen molar-refractivity contribution in [3.63, 3.8) is 0 Å². The molecule has 0 atom stereocenters. The van der Waals surface area contributed by atoms with E-state index in [0.29, 0.717) is 0 Å². The Bertz CT molecular complexity index is 2680. The molecular formula is C50H40N4. The number of rotatable bonds is 6. The Labute approximate surface area is 317 Å². The van der Waals surface area contributed by atoms with Gasteiger partial charge in [-0.3, -0.25) is 9.98 Å². The van der Waals surface area contributed by atoms with Crippen LogP contribution in [-0.4, -0.2) is 25.5 Å². The normalized spacial score (nSPS) is 12.7. The van der Waals surface area contributed by atoms with Gasteiger partial charge in [-0.1, -0.05) is 127 Å². The zero-order valence-corrected chi connectivity index (χ0v) is 30.5. The maximum absolute atomic E-state index is 4.80. The summed E-state index contributed by atoms with van der Waals surface area (Å²) in [5, 5.41) is 5.05. The lowest BCUT2D eigenvalue weighted by Gasteiger charge is -2.21. The van der Waals surface area contributed by atoms with Gasteiger partial charge in [0.2, 0.25) is 0 Å². The first-order valence-electron chi connectivity index (χ1n) is 18.5. The van der Waals surface area contributed by atoms with Gasteiger partial charge in [0.1, 0.15) is 0 Å². The average Bonchev–Trinajstić information content (AvgIpc) is 3.88. The number of fused-ring (bicyclic) bond motifs is 4. The molecule has 10 rings (SSSR count). The highest BCUT2D eigenvalue weighted by atomic mass is 15.1. The van der Waals surface area contributed by atoms with E-state index in [2.05, 4.69) is 194 Å². The summed E-state index contributed by atoms with van der Waals surface area (Å²) in [4.78, 5) is 14.1. The summed E-state index contributed by atoms with van der Waals surface area (Å²) in [6.45, 7) is 0. The van der Waals surface area contributed by atoms with Crippen LogP contribution in [0.1, 0.15) is 22.3 Å². The number of para-hydroxylation sites is 2. The second kappa shape index (κ2) is 14.3. The first kappa shape index (κ1) is 33.1. The fourth-order valence-corrected chi connectivity index (χ4v) is 7.53. The van der Waals surface area contributed by atoms with E-state index in [1.165, 1.54) is 66.5 Å². The molecule has 4 nitrogen and oxygen atoms in total. The van der Waals surface area contributed by atoms with Crippen LogP contribution in [0.25, 0.3) is 21.5 Å². The third-order valence-electron chi connectivity index (χ3n) is 10.6. The van der Waals surface area contributed by atoms with Crippen LogP contribution < -0.4 is 9.80 Å². The summed E-state index contributed by atoms with van der Waals surface area (Å²) in [6, 6.07) is 64.2. The zero-order chi connectivity index (χ0) is 36.4. The molecule has 0 spiro atoms. The molecule has 2 heterocycles. The van der Waals surface area contributed by atoms with E-state index >= 15 is 0 Å². The summed E-state index contributed by atoms with van der Waals surface area (Å²) in [5.74, 6) is 0. The summed E-state index contributed by atoms with van der Waals surface area (Å²) in [7, 11) is 4.24. The fourth-order valence-electron chi connectivity index (χ4n) is 7.53. The molecule has 8 aromatic rings. The van der Waals surface area contributed by atoms with Crippen molar-refractivity contribution in [3.8, 4) is 0 Å². The van der Waals surface area contributed by atoms with Crippen molar-refractivity contribution < 1.29 is 0 Å². The van der Waals surface area contributed by atoms with E-state index in [-0.39, 0.29) is 0 Å². The van der Waals surface area contributed by atoms with Gasteiger partial charge >= 0.3 is 0 Å². The van der Waals surface area contributed by atoms with Gasteiger partial charge in [0.15, 0.2) is 0 Å². The second-order valence-corrected chi connectivity index (χ2v) is 14.0. The van der Waals surface area contributed by atoms with E-state index in [1.54, 1.807) is 0 Å².